The zero-order valence-corrected chi connectivity index (χ0v) is 9.37. The average molecular weight is 227 g/mol. The predicted octanol–water partition coefficient (Wildman–Crippen LogP) is 2.88. The van der Waals surface area contributed by atoms with Crippen molar-refractivity contribution in [3.63, 3.8) is 0 Å². The van der Waals surface area contributed by atoms with E-state index in [-0.39, 0.29) is 11.4 Å². The number of phenolic OH excluding ortho intramolecular Hbond substituents is 1. The molecule has 0 fully saturated rings. The van der Waals surface area contributed by atoms with Crippen LogP contribution < -0.4 is 5.32 Å². The minimum Gasteiger partial charge on any atom is -0.506 e. The minimum absolute atomic E-state index is 0.107. The number of amides is 1. The number of anilines is 1. The Kier molecular flexibility index (Phi) is 3.37. The first-order valence-corrected chi connectivity index (χ1v) is 4.76. The Morgan fingerprint density at radius 2 is 2.06 bits per heavy atom. The van der Waals surface area contributed by atoms with E-state index in [9.17, 15) is 14.3 Å². The first kappa shape index (κ1) is 12.3. The van der Waals surface area contributed by atoms with E-state index < -0.39 is 17.5 Å². The second-order valence-electron chi connectivity index (χ2n) is 4.29. The Labute approximate surface area is 93.0 Å². The lowest BCUT2D eigenvalue weighted by Gasteiger charge is -2.19. The van der Waals surface area contributed by atoms with Crippen molar-refractivity contribution in [1.29, 1.82) is 0 Å². The highest BCUT2D eigenvalue weighted by Crippen LogP contribution is 2.24. The van der Waals surface area contributed by atoms with E-state index in [1.54, 1.807) is 20.8 Å². The molecule has 16 heavy (non-hydrogen) atoms. The number of halogens is 1. The maximum absolute atomic E-state index is 12.7. The molecule has 0 bridgehead atoms. The van der Waals surface area contributed by atoms with Crippen LogP contribution >= 0.6 is 0 Å². The Morgan fingerprint density at radius 3 is 2.56 bits per heavy atom. The quantitative estimate of drug-likeness (QED) is 0.725. The Morgan fingerprint density at radius 1 is 1.44 bits per heavy atom. The number of carbonyl (C=O) groups excluding carboxylic acids is 1. The van der Waals surface area contributed by atoms with E-state index >= 15 is 0 Å². The van der Waals surface area contributed by atoms with E-state index in [1.807, 2.05) is 0 Å². The molecule has 0 aliphatic carbocycles. The van der Waals surface area contributed by atoms with Gasteiger partial charge in [-0.2, -0.15) is 0 Å². The van der Waals surface area contributed by atoms with E-state index in [4.69, 9.17) is 4.74 Å². The predicted molar refractivity (Wildman–Crippen MR) is 57.9 cm³/mol. The van der Waals surface area contributed by atoms with Crippen molar-refractivity contribution in [3.05, 3.63) is 24.0 Å². The van der Waals surface area contributed by atoms with Crippen molar-refractivity contribution in [1.82, 2.24) is 0 Å². The average Bonchev–Trinajstić information content (AvgIpc) is 2.06. The highest BCUT2D eigenvalue weighted by Gasteiger charge is 2.17. The van der Waals surface area contributed by atoms with Gasteiger partial charge in [-0.05, 0) is 32.9 Å². The van der Waals surface area contributed by atoms with Crippen LogP contribution in [0.1, 0.15) is 20.8 Å². The molecule has 2 N–H and O–H groups in total. The summed E-state index contributed by atoms with van der Waals surface area (Å²) in [5.41, 5.74) is -0.518. The molecular formula is C11H14FNO3. The van der Waals surface area contributed by atoms with Crippen LogP contribution in [0.15, 0.2) is 18.2 Å². The standard InChI is InChI=1S/C11H14FNO3/c1-11(2,3)16-10(15)13-8-5-4-7(12)6-9(8)14/h4-6,14H,1-3H3,(H,13,15). The summed E-state index contributed by atoms with van der Waals surface area (Å²) in [5, 5.41) is 11.6. The largest absolute Gasteiger partial charge is 0.506 e. The fourth-order valence-electron chi connectivity index (χ4n) is 1.02. The zero-order valence-electron chi connectivity index (χ0n) is 9.37. The van der Waals surface area contributed by atoms with Gasteiger partial charge in [0, 0.05) is 6.07 Å². The fourth-order valence-corrected chi connectivity index (χ4v) is 1.02. The molecule has 0 saturated heterocycles. The summed E-state index contributed by atoms with van der Waals surface area (Å²) in [5.74, 6) is -0.918. The van der Waals surface area contributed by atoms with Crippen LogP contribution in [-0.4, -0.2) is 16.8 Å². The van der Waals surface area contributed by atoms with Gasteiger partial charge in [-0.1, -0.05) is 0 Å². The molecule has 0 spiro atoms. The third-order valence-electron chi connectivity index (χ3n) is 1.60. The monoisotopic (exact) mass is 227 g/mol. The summed E-state index contributed by atoms with van der Waals surface area (Å²) in [4.78, 5) is 11.3. The van der Waals surface area contributed by atoms with Crippen LogP contribution in [0, 0.1) is 5.82 Å². The molecular weight excluding hydrogens is 213 g/mol. The molecule has 0 aromatic heterocycles. The van der Waals surface area contributed by atoms with Crippen LogP contribution in [0.3, 0.4) is 0 Å². The molecule has 1 rings (SSSR count). The molecule has 0 unspecified atom stereocenters. The van der Waals surface area contributed by atoms with Gasteiger partial charge in [-0.3, -0.25) is 5.32 Å². The molecule has 0 heterocycles. The summed E-state index contributed by atoms with van der Waals surface area (Å²) < 4.78 is 17.6. The molecule has 88 valence electrons. The SMILES string of the molecule is CC(C)(C)OC(=O)Nc1ccc(F)cc1O. The summed E-state index contributed by atoms with van der Waals surface area (Å²) in [6, 6.07) is 3.30. The molecule has 1 aromatic carbocycles. The highest BCUT2D eigenvalue weighted by atomic mass is 19.1. The summed E-state index contributed by atoms with van der Waals surface area (Å²) in [7, 11) is 0. The van der Waals surface area contributed by atoms with Crippen molar-refractivity contribution in [2.45, 2.75) is 26.4 Å². The molecule has 5 heteroatoms. The van der Waals surface area contributed by atoms with Crippen LogP contribution in [0.4, 0.5) is 14.9 Å². The number of aromatic hydroxyl groups is 1. The van der Waals surface area contributed by atoms with Crippen molar-refractivity contribution in [3.8, 4) is 5.75 Å². The van der Waals surface area contributed by atoms with E-state index in [2.05, 4.69) is 5.32 Å². The summed E-state index contributed by atoms with van der Waals surface area (Å²) >= 11 is 0. The zero-order chi connectivity index (χ0) is 12.3. The van der Waals surface area contributed by atoms with Gasteiger partial charge < -0.3 is 9.84 Å². The molecule has 1 amide bonds. The number of hydrogen-bond donors (Lipinski definition) is 2. The van der Waals surface area contributed by atoms with Crippen molar-refractivity contribution >= 4 is 11.8 Å². The topological polar surface area (TPSA) is 58.6 Å². The van der Waals surface area contributed by atoms with Crippen LogP contribution in [0.5, 0.6) is 5.75 Å². The molecule has 0 aliphatic rings. The van der Waals surface area contributed by atoms with Crippen molar-refractivity contribution in [2.24, 2.45) is 0 Å². The highest BCUT2D eigenvalue weighted by molar-refractivity contribution is 5.86. The van der Waals surface area contributed by atoms with E-state index in [0.717, 1.165) is 12.1 Å². The van der Waals surface area contributed by atoms with Crippen LogP contribution in [0.25, 0.3) is 0 Å². The second-order valence-corrected chi connectivity index (χ2v) is 4.29. The molecule has 0 radical (unpaired) electrons. The van der Waals surface area contributed by atoms with Gasteiger partial charge in [0.25, 0.3) is 0 Å². The summed E-state index contributed by atoms with van der Waals surface area (Å²) in [6.07, 6.45) is -0.700. The van der Waals surface area contributed by atoms with Gasteiger partial charge in [0.05, 0.1) is 5.69 Å². The van der Waals surface area contributed by atoms with Gasteiger partial charge in [-0.25, -0.2) is 9.18 Å². The first-order chi connectivity index (χ1) is 7.28. The van der Waals surface area contributed by atoms with Crippen molar-refractivity contribution < 1.29 is 19.0 Å². The Bertz CT molecular complexity index is 399. The van der Waals surface area contributed by atoms with Crippen LogP contribution in [0.2, 0.25) is 0 Å². The van der Waals surface area contributed by atoms with Gasteiger partial charge >= 0.3 is 6.09 Å². The first-order valence-electron chi connectivity index (χ1n) is 4.76. The van der Waals surface area contributed by atoms with Gasteiger partial charge in [-0.15, -0.1) is 0 Å². The van der Waals surface area contributed by atoms with Gasteiger partial charge in [0.2, 0.25) is 0 Å². The molecule has 1 aromatic rings. The van der Waals surface area contributed by atoms with Gasteiger partial charge in [0.1, 0.15) is 17.2 Å². The molecule has 0 atom stereocenters. The molecule has 4 nitrogen and oxygen atoms in total. The Hall–Kier alpha value is -1.78. The number of benzene rings is 1. The lowest BCUT2D eigenvalue weighted by molar-refractivity contribution is 0.0635. The fraction of sp³-hybridized carbons (Fsp3) is 0.364. The van der Waals surface area contributed by atoms with E-state index in [1.165, 1.54) is 6.07 Å². The minimum atomic E-state index is -0.700. The number of nitrogens with one attached hydrogen (secondary N) is 1. The number of carbonyl (C=O) groups is 1. The Balaban J connectivity index is 2.70. The molecule has 0 aliphatic heterocycles. The number of phenols is 1. The van der Waals surface area contributed by atoms with Crippen molar-refractivity contribution in [2.75, 3.05) is 5.32 Å². The van der Waals surface area contributed by atoms with Crippen LogP contribution in [-0.2, 0) is 4.74 Å². The maximum atomic E-state index is 12.7. The number of rotatable bonds is 1. The number of ether oxygens (including phenoxy) is 1. The smallest absolute Gasteiger partial charge is 0.412 e. The third kappa shape index (κ3) is 3.76. The summed E-state index contributed by atoms with van der Waals surface area (Å²) in [6.45, 7) is 5.16. The maximum Gasteiger partial charge on any atom is 0.412 e. The van der Waals surface area contributed by atoms with E-state index in [0.29, 0.717) is 0 Å². The normalized spacial score (nSPS) is 11.0. The lowest BCUT2D eigenvalue weighted by Crippen LogP contribution is -2.27. The molecule has 0 saturated carbocycles. The lowest BCUT2D eigenvalue weighted by atomic mass is 10.2. The number of hydrogen-bond acceptors (Lipinski definition) is 3. The van der Waals surface area contributed by atoms with Gasteiger partial charge in [0.15, 0.2) is 0 Å². The third-order valence-corrected chi connectivity index (χ3v) is 1.60. The second kappa shape index (κ2) is 4.38.